The molecule has 0 amide bonds. The van der Waals surface area contributed by atoms with E-state index in [-0.39, 0.29) is 22.1 Å². The summed E-state index contributed by atoms with van der Waals surface area (Å²) in [4.78, 5) is 13.5. The zero-order chi connectivity index (χ0) is 25.0. The Morgan fingerprint density at radius 1 is 0.914 bits per heavy atom. The number of sulfonamides is 1. The first-order chi connectivity index (χ1) is 16.8. The van der Waals surface area contributed by atoms with Gasteiger partial charge in [-0.15, -0.1) is 0 Å². The molecule has 4 rings (SSSR count). The maximum Gasteiger partial charge on any atom is 0.345 e. The Kier molecular flexibility index (Phi) is 7.65. The number of aryl methyl sites for hydroxylation is 1. The van der Waals surface area contributed by atoms with E-state index in [1.807, 2.05) is 19.9 Å². The van der Waals surface area contributed by atoms with E-state index < -0.39 is 21.7 Å². The van der Waals surface area contributed by atoms with Crippen LogP contribution >= 0.6 is 0 Å². The second-order valence-electron chi connectivity index (χ2n) is 9.56. The smallest absolute Gasteiger partial charge is 0.345 e. The van der Waals surface area contributed by atoms with Crippen LogP contribution in [-0.2, 0) is 22.9 Å². The van der Waals surface area contributed by atoms with Crippen LogP contribution in [0.15, 0.2) is 74.8 Å². The minimum Gasteiger partial charge on any atom is -0.507 e. The molecular formula is C28H33NO5S. The molecule has 1 unspecified atom stereocenters. The molecule has 7 heteroatoms. The number of nitrogens with zero attached hydrogens (tertiary/aromatic N) is 1. The number of benzene rings is 2. The van der Waals surface area contributed by atoms with Gasteiger partial charge in [0.2, 0.25) is 0 Å². The molecule has 1 N–H and O–H groups in total. The van der Waals surface area contributed by atoms with Crippen molar-refractivity contribution >= 4 is 15.7 Å². The van der Waals surface area contributed by atoms with Crippen molar-refractivity contribution in [2.45, 2.75) is 69.7 Å². The fourth-order valence-corrected chi connectivity index (χ4v) is 6.51. The Hall–Kier alpha value is -3.06. The maximum atomic E-state index is 14.1. The summed E-state index contributed by atoms with van der Waals surface area (Å²) < 4.78 is 35.2. The van der Waals surface area contributed by atoms with E-state index in [1.54, 1.807) is 54.6 Å². The Morgan fingerprint density at radius 3 is 2.14 bits per heavy atom. The van der Waals surface area contributed by atoms with Crippen molar-refractivity contribution in [3.05, 3.63) is 88.0 Å². The summed E-state index contributed by atoms with van der Waals surface area (Å²) in [6.07, 6.45) is 5.40. The van der Waals surface area contributed by atoms with Crippen molar-refractivity contribution in [1.29, 1.82) is 0 Å². The quantitative estimate of drug-likeness (QED) is 0.435. The van der Waals surface area contributed by atoms with Gasteiger partial charge in [-0.1, -0.05) is 63.1 Å². The molecule has 1 heterocycles. The highest BCUT2D eigenvalue weighted by Gasteiger charge is 2.38. The number of hydrogen-bond acceptors (Lipinski definition) is 5. The average Bonchev–Trinajstić information content (AvgIpc) is 2.81. The molecule has 0 saturated carbocycles. The molecule has 35 heavy (non-hydrogen) atoms. The van der Waals surface area contributed by atoms with Gasteiger partial charge in [-0.2, -0.15) is 0 Å². The standard InChI is InChI=1S/C28H33NO5S/c1-20(2)19-24(26-27(30)23-17-11-3-4-12-18-25(23)34-28(26)31)29(21-13-7-5-8-14-21)35(32,33)22-15-9-6-10-16-22/h5-10,13-16,20,24,30H,3-4,11-12,17-19H2,1-2H3. The Bertz CT molecular complexity index is 1300. The highest BCUT2D eigenvalue weighted by Crippen LogP contribution is 2.41. The van der Waals surface area contributed by atoms with E-state index >= 15 is 0 Å². The number of hydrogen-bond donors (Lipinski definition) is 1. The molecule has 1 aromatic heterocycles. The van der Waals surface area contributed by atoms with Crippen LogP contribution in [0.5, 0.6) is 5.75 Å². The van der Waals surface area contributed by atoms with Crippen molar-refractivity contribution in [2.75, 3.05) is 4.31 Å². The van der Waals surface area contributed by atoms with Crippen LogP contribution in [0.3, 0.4) is 0 Å². The summed E-state index contributed by atoms with van der Waals surface area (Å²) in [7, 11) is -4.07. The summed E-state index contributed by atoms with van der Waals surface area (Å²) in [5.41, 5.74) is 0.406. The fourth-order valence-electron chi connectivity index (χ4n) is 4.86. The fraction of sp³-hybridized carbons (Fsp3) is 0.393. The van der Waals surface area contributed by atoms with Crippen LogP contribution in [0.2, 0.25) is 0 Å². The van der Waals surface area contributed by atoms with Gasteiger partial charge in [0, 0.05) is 12.0 Å². The largest absolute Gasteiger partial charge is 0.507 e. The molecule has 0 fully saturated rings. The van der Waals surface area contributed by atoms with Crippen molar-refractivity contribution in [2.24, 2.45) is 5.92 Å². The van der Waals surface area contributed by atoms with Crippen LogP contribution in [0, 0.1) is 5.92 Å². The molecule has 6 nitrogen and oxygen atoms in total. The van der Waals surface area contributed by atoms with Crippen LogP contribution in [0.4, 0.5) is 5.69 Å². The number of anilines is 1. The molecule has 3 aromatic rings. The molecule has 0 aliphatic heterocycles. The maximum absolute atomic E-state index is 14.1. The Labute approximate surface area is 207 Å². The molecule has 0 saturated heterocycles. The third kappa shape index (κ3) is 5.30. The second kappa shape index (κ2) is 10.7. The van der Waals surface area contributed by atoms with E-state index in [0.29, 0.717) is 36.3 Å². The van der Waals surface area contributed by atoms with Crippen molar-refractivity contribution < 1.29 is 17.9 Å². The molecule has 186 valence electrons. The number of fused-ring (bicyclic) bond motifs is 1. The topological polar surface area (TPSA) is 87.8 Å². The monoisotopic (exact) mass is 495 g/mol. The van der Waals surface area contributed by atoms with Crippen LogP contribution in [0.1, 0.15) is 68.9 Å². The predicted octanol–water partition coefficient (Wildman–Crippen LogP) is 5.99. The van der Waals surface area contributed by atoms with E-state index in [0.717, 1.165) is 25.7 Å². The lowest BCUT2D eigenvalue weighted by molar-refractivity contribution is 0.373. The zero-order valence-corrected chi connectivity index (χ0v) is 21.1. The summed E-state index contributed by atoms with van der Waals surface area (Å²) in [6.45, 7) is 3.94. The predicted molar refractivity (Wildman–Crippen MR) is 137 cm³/mol. The SMILES string of the molecule is CC(C)CC(c1c(O)c2c(oc1=O)CCCCCC2)N(c1ccccc1)S(=O)(=O)c1ccccc1. The number of rotatable bonds is 7. The second-order valence-corrected chi connectivity index (χ2v) is 11.4. The third-order valence-corrected chi connectivity index (χ3v) is 8.37. The molecule has 1 aliphatic carbocycles. The van der Waals surface area contributed by atoms with Crippen LogP contribution in [0.25, 0.3) is 0 Å². The zero-order valence-electron chi connectivity index (χ0n) is 20.3. The first-order valence-corrected chi connectivity index (χ1v) is 13.8. The lowest BCUT2D eigenvalue weighted by atomic mass is 9.92. The van der Waals surface area contributed by atoms with Gasteiger partial charge in [-0.25, -0.2) is 13.2 Å². The van der Waals surface area contributed by atoms with Gasteiger partial charge >= 0.3 is 5.63 Å². The Balaban J connectivity index is 1.96. The minimum atomic E-state index is -4.07. The highest BCUT2D eigenvalue weighted by atomic mass is 32.2. The molecule has 2 aromatic carbocycles. The molecule has 1 atom stereocenters. The summed E-state index contributed by atoms with van der Waals surface area (Å²) >= 11 is 0. The van der Waals surface area contributed by atoms with Crippen molar-refractivity contribution in [1.82, 2.24) is 0 Å². The Morgan fingerprint density at radius 2 is 1.51 bits per heavy atom. The summed E-state index contributed by atoms with van der Waals surface area (Å²) in [5.74, 6) is 0.447. The molecule has 1 aliphatic rings. The molecule has 0 radical (unpaired) electrons. The van der Waals surface area contributed by atoms with Gasteiger partial charge in [-0.05, 0) is 55.9 Å². The van der Waals surface area contributed by atoms with Crippen molar-refractivity contribution in [3.8, 4) is 5.75 Å². The van der Waals surface area contributed by atoms with Gasteiger partial charge < -0.3 is 9.52 Å². The van der Waals surface area contributed by atoms with Gasteiger partial charge in [-0.3, -0.25) is 4.31 Å². The first-order valence-electron chi connectivity index (χ1n) is 12.3. The summed E-state index contributed by atoms with van der Waals surface area (Å²) in [6, 6.07) is 16.0. The lowest BCUT2D eigenvalue weighted by Gasteiger charge is -2.34. The van der Waals surface area contributed by atoms with Crippen LogP contribution < -0.4 is 9.93 Å². The van der Waals surface area contributed by atoms with E-state index in [4.69, 9.17) is 4.42 Å². The van der Waals surface area contributed by atoms with Gasteiger partial charge in [0.05, 0.1) is 16.6 Å². The number of para-hydroxylation sites is 1. The normalized spacial score (nSPS) is 15.2. The molecule has 0 bridgehead atoms. The number of aromatic hydroxyl groups is 1. The van der Waals surface area contributed by atoms with E-state index in [9.17, 15) is 18.3 Å². The van der Waals surface area contributed by atoms with Crippen molar-refractivity contribution in [3.63, 3.8) is 0 Å². The van der Waals surface area contributed by atoms with E-state index in [2.05, 4.69) is 0 Å². The highest BCUT2D eigenvalue weighted by molar-refractivity contribution is 7.92. The third-order valence-electron chi connectivity index (χ3n) is 6.52. The first kappa shape index (κ1) is 25.0. The van der Waals surface area contributed by atoms with Gasteiger partial charge in [0.25, 0.3) is 10.0 Å². The lowest BCUT2D eigenvalue weighted by Crippen LogP contribution is -2.38. The molecule has 0 spiro atoms. The minimum absolute atomic E-state index is 0.0152. The summed E-state index contributed by atoms with van der Waals surface area (Å²) in [5, 5.41) is 11.5. The van der Waals surface area contributed by atoms with Gasteiger partial charge in [0.1, 0.15) is 17.1 Å². The van der Waals surface area contributed by atoms with Gasteiger partial charge in [0.15, 0.2) is 0 Å². The average molecular weight is 496 g/mol. The van der Waals surface area contributed by atoms with E-state index in [1.165, 1.54) is 4.31 Å². The van der Waals surface area contributed by atoms with Crippen LogP contribution in [-0.4, -0.2) is 13.5 Å². The molecular weight excluding hydrogens is 462 g/mol.